The number of rotatable bonds is 4. The molecule has 1 aromatic heterocycles. The molecule has 27 heavy (non-hydrogen) atoms. The number of thiophene rings is 1. The van der Waals surface area contributed by atoms with Crippen LogP contribution in [0, 0.1) is 11.8 Å². The van der Waals surface area contributed by atoms with E-state index >= 15 is 0 Å². The molecule has 0 unspecified atom stereocenters. The van der Waals surface area contributed by atoms with E-state index in [0.717, 1.165) is 9.78 Å². The third-order valence-corrected chi connectivity index (χ3v) is 6.41. The Labute approximate surface area is 161 Å². The Morgan fingerprint density at radius 1 is 1.19 bits per heavy atom. The summed E-state index contributed by atoms with van der Waals surface area (Å²) in [7, 11) is 1.48. The van der Waals surface area contributed by atoms with Gasteiger partial charge in [0.2, 0.25) is 11.8 Å². The number of carbonyl (C=O) groups is 3. The second kappa shape index (κ2) is 6.58. The molecule has 0 spiro atoms. The Kier molecular flexibility index (Phi) is 4.36. The van der Waals surface area contributed by atoms with E-state index < -0.39 is 29.4 Å². The molecule has 0 radical (unpaired) electrons. The number of nitrogens with zero attached hydrogens (tertiary/aromatic N) is 1. The number of hydrogen-bond acceptors (Lipinski definition) is 6. The van der Waals surface area contributed by atoms with Crippen LogP contribution < -0.4 is 5.32 Å². The van der Waals surface area contributed by atoms with Crippen molar-refractivity contribution in [2.24, 2.45) is 11.8 Å². The number of ether oxygens (including phenoxy) is 1. The van der Waals surface area contributed by atoms with Gasteiger partial charge in [-0.15, -0.1) is 11.3 Å². The summed E-state index contributed by atoms with van der Waals surface area (Å²) in [6.07, 6.45) is 0. The first-order valence-electron chi connectivity index (χ1n) is 8.87. The third kappa shape index (κ3) is 2.45. The van der Waals surface area contributed by atoms with Crippen molar-refractivity contribution in [3.05, 3.63) is 58.3 Å². The SMILES string of the molecule is CCOC(=O)[C@]1(c2ccccc2)N[C@@H](c2cccs2)[C@H]2C(=O)N(C)C(=O)[C@H]21. The zero-order chi connectivity index (χ0) is 19.2. The predicted octanol–water partition coefficient (Wildman–Crippen LogP) is 2.08. The van der Waals surface area contributed by atoms with Gasteiger partial charge in [-0.2, -0.15) is 0 Å². The summed E-state index contributed by atoms with van der Waals surface area (Å²) < 4.78 is 5.40. The molecule has 4 rings (SSSR count). The Morgan fingerprint density at radius 2 is 1.93 bits per heavy atom. The first-order valence-corrected chi connectivity index (χ1v) is 9.75. The van der Waals surface area contributed by atoms with E-state index in [-0.39, 0.29) is 18.4 Å². The van der Waals surface area contributed by atoms with Crippen molar-refractivity contribution in [1.29, 1.82) is 0 Å². The van der Waals surface area contributed by atoms with Crippen LogP contribution >= 0.6 is 11.3 Å². The maximum atomic E-state index is 13.2. The summed E-state index contributed by atoms with van der Waals surface area (Å²) in [5, 5.41) is 5.28. The summed E-state index contributed by atoms with van der Waals surface area (Å²) in [5.74, 6) is -2.64. The van der Waals surface area contributed by atoms with Crippen LogP contribution in [0.3, 0.4) is 0 Å². The standard InChI is InChI=1S/C20H20N2O4S/c1-3-26-19(25)20(12-8-5-4-6-9-12)15-14(17(23)22(2)18(15)24)16(21-20)13-10-7-11-27-13/h4-11,14-16,21H,3H2,1-2H3/t14-,15-,16-,20+/m0/s1. The maximum absolute atomic E-state index is 13.2. The number of carbonyl (C=O) groups excluding carboxylic acids is 3. The number of imide groups is 1. The zero-order valence-electron chi connectivity index (χ0n) is 15.0. The monoisotopic (exact) mass is 384 g/mol. The summed E-state index contributed by atoms with van der Waals surface area (Å²) in [6, 6.07) is 12.5. The van der Waals surface area contributed by atoms with Crippen molar-refractivity contribution in [3.63, 3.8) is 0 Å². The molecule has 4 atom stereocenters. The predicted molar refractivity (Wildman–Crippen MR) is 99.7 cm³/mol. The molecule has 2 saturated heterocycles. The van der Waals surface area contributed by atoms with Gasteiger partial charge in [0.1, 0.15) is 0 Å². The number of likely N-dealkylation sites (tertiary alicyclic amines) is 1. The van der Waals surface area contributed by atoms with Crippen LogP contribution in [0.25, 0.3) is 0 Å². The molecule has 0 aliphatic carbocycles. The van der Waals surface area contributed by atoms with E-state index in [2.05, 4.69) is 5.32 Å². The highest BCUT2D eigenvalue weighted by Gasteiger charge is 2.69. The van der Waals surface area contributed by atoms with Crippen LogP contribution in [-0.4, -0.2) is 36.3 Å². The summed E-state index contributed by atoms with van der Waals surface area (Å²) in [5.41, 5.74) is -0.761. The summed E-state index contributed by atoms with van der Waals surface area (Å²) in [6.45, 7) is 1.92. The third-order valence-electron chi connectivity index (χ3n) is 5.46. The fraction of sp³-hybridized carbons (Fsp3) is 0.350. The zero-order valence-corrected chi connectivity index (χ0v) is 15.9. The second-order valence-electron chi connectivity index (χ2n) is 6.77. The van der Waals surface area contributed by atoms with Crippen molar-refractivity contribution >= 4 is 29.1 Å². The van der Waals surface area contributed by atoms with Crippen molar-refractivity contribution in [2.45, 2.75) is 18.5 Å². The molecule has 3 heterocycles. The van der Waals surface area contributed by atoms with Crippen molar-refractivity contribution in [1.82, 2.24) is 10.2 Å². The Balaban J connectivity index is 1.93. The van der Waals surface area contributed by atoms with Gasteiger partial charge in [0, 0.05) is 11.9 Å². The topological polar surface area (TPSA) is 75.7 Å². The molecule has 0 saturated carbocycles. The number of benzene rings is 1. The minimum Gasteiger partial charge on any atom is -0.464 e. The molecule has 140 valence electrons. The molecular weight excluding hydrogens is 364 g/mol. The Morgan fingerprint density at radius 3 is 2.56 bits per heavy atom. The summed E-state index contributed by atoms with van der Waals surface area (Å²) >= 11 is 1.50. The normalized spacial score (nSPS) is 29.9. The van der Waals surface area contributed by atoms with Gasteiger partial charge in [0.05, 0.1) is 24.5 Å². The van der Waals surface area contributed by atoms with Crippen LogP contribution in [0.1, 0.15) is 23.4 Å². The van der Waals surface area contributed by atoms with Gasteiger partial charge in [-0.25, -0.2) is 4.79 Å². The van der Waals surface area contributed by atoms with E-state index in [1.807, 2.05) is 35.7 Å². The van der Waals surface area contributed by atoms with Gasteiger partial charge in [-0.05, 0) is 23.9 Å². The van der Waals surface area contributed by atoms with E-state index in [1.165, 1.54) is 18.4 Å². The lowest BCUT2D eigenvalue weighted by Gasteiger charge is -2.32. The second-order valence-corrected chi connectivity index (χ2v) is 7.75. The molecule has 7 heteroatoms. The summed E-state index contributed by atoms with van der Waals surface area (Å²) in [4.78, 5) is 41.3. The molecular formula is C20H20N2O4S. The molecule has 1 N–H and O–H groups in total. The first kappa shape index (κ1) is 17.9. The maximum Gasteiger partial charge on any atom is 0.331 e. The van der Waals surface area contributed by atoms with E-state index in [1.54, 1.807) is 19.1 Å². The quantitative estimate of drug-likeness (QED) is 0.645. The van der Waals surface area contributed by atoms with E-state index in [4.69, 9.17) is 4.74 Å². The van der Waals surface area contributed by atoms with Crippen LogP contribution in [-0.2, 0) is 24.7 Å². The molecule has 6 nitrogen and oxygen atoms in total. The van der Waals surface area contributed by atoms with Crippen LogP contribution in [0.2, 0.25) is 0 Å². The van der Waals surface area contributed by atoms with Crippen LogP contribution in [0.5, 0.6) is 0 Å². The van der Waals surface area contributed by atoms with E-state index in [0.29, 0.717) is 5.56 Å². The number of fused-ring (bicyclic) bond motifs is 1. The lowest BCUT2D eigenvalue weighted by atomic mass is 9.75. The van der Waals surface area contributed by atoms with Crippen molar-refractivity contribution in [3.8, 4) is 0 Å². The molecule has 2 fully saturated rings. The lowest BCUT2D eigenvalue weighted by Crippen LogP contribution is -2.53. The van der Waals surface area contributed by atoms with Crippen molar-refractivity contribution < 1.29 is 19.1 Å². The highest BCUT2D eigenvalue weighted by molar-refractivity contribution is 7.10. The fourth-order valence-electron chi connectivity index (χ4n) is 4.28. The molecule has 2 aliphatic rings. The molecule has 2 aliphatic heterocycles. The van der Waals surface area contributed by atoms with E-state index in [9.17, 15) is 14.4 Å². The minimum absolute atomic E-state index is 0.189. The largest absolute Gasteiger partial charge is 0.464 e. The average Bonchev–Trinajstić information content (AvgIpc) is 3.37. The Hall–Kier alpha value is -2.51. The minimum atomic E-state index is -1.39. The van der Waals surface area contributed by atoms with Gasteiger partial charge >= 0.3 is 5.97 Å². The average molecular weight is 384 g/mol. The first-order chi connectivity index (χ1) is 13.0. The van der Waals surface area contributed by atoms with Gasteiger partial charge < -0.3 is 4.74 Å². The smallest absolute Gasteiger partial charge is 0.331 e. The number of hydrogen-bond donors (Lipinski definition) is 1. The van der Waals surface area contributed by atoms with Gasteiger partial charge in [-0.1, -0.05) is 36.4 Å². The van der Waals surface area contributed by atoms with Crippen LogP contribution in [0.4, 0.5) is 0 Å². The number of amides is 2. The molecule has 1 aromatic carbocycles. The molecule has 0 bridgehead atoms. The highest BCUT2D eigenvalue weighted by atomic mass is 32.1. The lowest BCUT2D eigenvalue weighted by molar-refractivity contribution is -0.156. The van der Waals surface area contributed by atoms with Gasteiger partial charge in [-0.3, -0.25) is 19.8 Å². The van der Waals surface area contributed by atoms with Crippen LogP contribution in [0.15, 0.2) is 47.8 Å². The van der Waals surface area contributed by atoms with Gasteiger partial charge in [0.15, 0.2) is 5.54 Å². The number of esters is 1. The Bertz CT molecular complexity index is 883. The van der Waals surface area contributed by atoms with Crippen molar-refractivity contribution in [2.75, 3.05) is 13.7 Å². The highest BCUT2D eigenvalue weighted by Crippen LogP contribution is 2.53. The molecule has 2 aromatic rings. The number of nitrogens with one attached hydrogen (secondary N) is 1. The fourth-order valence-corrected chi connectivity index (χ4v) is 5.10. The van der Waals surface area contributed by atoms with Gasteiger partial charge in [0.25, 0.3) is 0 Å². The molecule has 2 amide bonds.